The highest BCUT2D eigenvalue weighted by atomic mass is 16.6. The SMILES string of the molecule is C[C@]12CC[C@H]3[C@@H](CCC4=C/C(=N/OCC(=O)NC(CO)C(=O)O)CC[C@@]43C)[C@@H]1CC[C@H]2O. The number of aliphatic hydroxyl groups is 2. The number of aliphatic carboxylic acids is 1. The third-order valence-electron chi connectivity index (χ3n) is 9.12. The van der Waals surface area contributed by atoms with Crippen LogP contribution in [0.15, 0.2) is 16.8 Å². The van der Waals surface area contributed by atoms with E-state index in [0.29, 0.717) is 17.8 Å². The summed E-state index contributed by atoms with van der Waals surface area (Å²) in [5, 5.41) is 34.8. The summed E-state index contributed by atoms with van der Waals surface area (Å²) < 4.78 is 0. The number of carboxylic acids is 1. The summed E-state index contributed by atoms with van der Waals surface area (Å²) in [5.74, 6) is 0.0219. The molecule has 0 spiro atoms. The van der Waals surface area contributed by atoms with Crippen LogP contribution in [0.4, 0.5) is 0 Å². The number of hydrogen-bond donors (Lipinski definition) is 4. The Hall–Kier alpha value is -1.93. The van der Waals surface area contributed by atoms with Crippen LogP contribution in [0.3, 0.4) is 0 Å². The van der Waals surface area contributed by atoms with E-state index in [9.17, 15) is 14.7 Å². The highest BCUT2D eigenvalue weighted by Crippen LogP contribution is 2.65. The lowest BCUT2D eigenvalue weighted by Gasteiger charge is -2.57. The Balaban J connectivity index is 1.39. The van der Waals surface area contributed by atoms with E-state index >= 15 is 0 Å². The fourth-order valence-electron chi connectivity index (χ4n) is 7.21. The van der Waals surface area contributed by atoms with Crippen molar-refractivity contribution in [1.82, 2.24) is 5.32 Å². The number of fused-ring (bicyclic) bond motifs is 5. The van der Waals surface area contributed by atoms with E-state index in [-0.39, 0.29) is 23.5 Å². The summed E-state index contributed by atoms with van der Waals surface area (Å²) in [4.78, 5) is 27.9. The Morgan fingerprint density at radius 2 is 1.97 bits per heavy atom. The molecule has 4 rings (SSSR count). The van der Waals surface area contributed by atoms with Crippen molar-refractivity contribution in [3.05, 3.63) is 11.6 Å². The normalized spacial score (nSPS) is 40.5. The van der Waals surface area contributed by atoms with Crippen LogP contribution in [0.5, 0.6) is 0 Å². The lowest BCUT2D eigenvalue weighted by atomic mass is 9.47. The zero-order valence-electron chi connectivity index (χ0n) is 19.0. The molecule has 1 amide bonds. The van der Waals surface area contributed by atoms with Gasteiger partial charge in [0.1, 0.15) is 6.04 Å². The molecule has 8 nitrogen and oxygen atoms in total. The molecule has 0 bridgehead atoms. The quantitative estimate of drug-likeness (QED) is 0.461. The first-order valence-corrected chi connectivity index (χ1v) is 11.9. The van der Waals surface area contributed by atoms with E-state index in [0.717, 1.165) is 50.7 Å². The Kier molecular flexibility index (Phi) is 6.38. The summed E-state index contributed by atoms with van der Waals surface area (Å²) >= 11 is 0. The maximum Gasteiger partial charge on any atom is 0.328 e. The lowest BCUT2D eigenvalue weighted by Crippen LogP contribution is -2.51. The number of amides is 1. The summed E-state index contributed by atoms with van der Waals surface area (Å²) in [6, 6.07) is -1.34. The molecular formula is C24H36N2O6. The van der Waals surface area contributed by atoms with Crippen molar-refractivity contribution in [3.8, 4) is 0 Å². The zero-order valence-corrected chi connectivity index (χ0v) is 19.0. The van der Waals surface area contributed by atoms with Crippen LogP contribution in [0.1, 0.15) is 65.2 Å². The Bertz CT molecular complexity index is 825. The van der Waals surface area contributed by atoms with Gasteiger partial charge in [0.2, 0.25) is 0 Å². The first kappa shape index (κ1) is 23.2. The number of oxime groups is 1. The molecule has 4 N–H and O–H groups in total. The number of allylic oxidation sites excluding steroid dienone is 2. The molecule has 32 heavy (non-hydrogen) atoms. The summed E-state index contributed by atoms with van der Waals surface area (Å²) in [7, 11) is 0. The van der Waals surface area contributed by atoms with E-state index in [2.05, 4.69) is 30.4 Å². The monoisotopic (exact) mass is 448 g/mol. The number of carboxylic acid groups (broad SMARTS) is 1. The molecule has 3 fully saturated rings. The molecule has 0 saturated heterocycles. The lowest BCUT2D eigenvalue weighted by molar-refractivity contribution is -0.143. The van der Waals surface area contributed by atoms with E-state index < -0.39 is 24.5 Å². The molecule has 0 radical (unpaired) electrons. The predicted molar refractivity (Wildman–Crippen MR) is 118 cm³/mol. The topological polar surface area (TPSA) is 128 Å². The van der Waals surface area contributed by atoms with Crippen LogP contribution >= 0.6 is 0 Å². The Morgan fingerprint density at radius 3 is 2.69 bits per heavy atom. The van der Waals surface area contributed by atoms with Gasteiger partial charge in [-0.2, -0.15) is 0 Å². The average molecular weight is 449 g/mol. The number of aliphatic hydroxyl groups excluding tert-OH is 2. The first-order valence-electron chi connectivity index (χ1n) is 11.9. The van der Waals surface area contributed by atoms with Gasteiger partial charge in [-0.1, -0.05) is 24.6 Å². The third kappa shape index (κ3) is 3.96. The van der Waals surface area contributed by atoms with Gasteiger partial charge in [0.15, 0.2) is 6.61 Å². The molecule has 0 aliphatic heterocycles. The number of hydrogen-bond acceptors (Lipinski definition) is 6. The molecular weight excluding hydrogens is 412 g/mol. The van der Waals surface area contributed by atoms with Gasteiger partial charge in [-0.05, 0) is 86.0 Å². The van der Waals surface area contributed by atoms with Crippen molar-refractivity contribution < 1.29 is 29.7 Å². The first-order chi connectivity index (χ1) is 15.2. The fraction of sp³-hybridized carbons (Fsp3) is 0.792. The molecule has 0 aromatic heterocycles. The maximum absolute atomic E-state index is 11.8. The molecule has 178 valence electrons. The zero-order chi connectivity index (χ0) is 23.1. The highest BCUT2D eigenvalue weighted by molar-refractivity contribution is 5.96. The van der Waals surface area contributed by atoms with Crippen LogP contribution in [-0.4, -0.2) is 58.3 Å². The number of nitrogens with one attached hydrogen (secondary N) is 1. The van der Waals surface area contributed by atoms with E-state index in [4.69, 9.17) is 15.1 Å². The fourth-order valence-corrected chi connectivity index (χ4v) is 7.21. The van der Waals surface area contributed by atoms with Gasteiger partial charge >= 0.3 is 5.97 Å². The molecule has 3 saturated carbocycles. The smallest absolute Gasteiger partial charge is 0.328 e. The molecule has 0 aromatic rings. The molecule has 1 unspecified atom stereocenters. The van der Waals surface area contributed by atoms with Crippen molar-refractivity contribution in [1.29, 1.82) is 0 Å². The van der Waals surface area contributed by atoms with Crippen LogP contribution in [-0.2, 0) is 14.4 Å². The minimum atomic E-state index is -1.34. The van der Waals surface area contributed by atoms with Gasteiger partial charge in [0.05, 0.1) is 18.4 Å². The molecule has 0 aromatic carbocycles. The van der Waals surface area contributed by atoms with Crippen LogP contribution in [0, 0.1) is 28.6 Å². The van der Waals surface area contributed by atoms with Crippen LogP contribution in [0.2, 0.25) is 0 Å². The number of carbonyl (C=O) groups is 2. The van der Waals surface area contributed by atoms with Crippen LogP contribution in [0.25, 0.3) is 0 Å². The number of carbonyl (C=O) groups excluding carboxylic acids is 1. The van der Waals surface area contributed by atoms with Crippen molar-refractivity contribution in [3.63, 3.8) is 0 Å². The van der Waals surface area contributed by atoms with Crippen molar-refractivity contribution in [2.75, 3.05) is 13.2 Å². The minimum Gasteiger partial charge on any atom is -0.480 e. The van der Waals surface area contributed by atoms with Gasteiger partial charge in [0.25, 0.3) is 5.91 Å². The van der Waals surface area contributed by atoms with Crippen LogP contribution < -0.4 is 5.32 Å². The summed E-state index contributed by atoms with van der Waals surface area (Å²) in [6.45, 7) is 3.63. The second-order valence-electron chi connectivity index (χ2n) is 10.6. The van der Waals surface area contributed by atoms with E-state index in [1.807, 2.05) is 0 Å². The maximum atomic E-state index is 11.8. The molecule has 0 heterocycles. The van der Waals surface area contributed by atoms with Gasteiger partial charge in [0, 0.05) is 0 Å². The van der Waals surface area contributed by atoms with Gasteiger partial charge in [-0.3, -0.25) is 4.79 Å². The molecule has 4 aliphatic carbocycles. The average Bonchev–Trinajstić information content (AvgIpc) is 3.06. The van der Waals surface area contributed by atoms with Crippen molar-refractivity contribution in [2.24, 2.45) is 33.7 Å². The standard InChI is InChI=1S/C24H36N2O6/c1-23-9-7-15(26-32-13-21(29)25-19(12-27)22(30)31)11-14(23)3-4-16-17-5-6-20(28)24(17,2)10-8-18(16)23/h11,16-20,27-28H,3-10,12-13H2,1-2H3,(H,25,29)(H,30,31)/b26-15+/t16-,17-,18-,19?,20+,23-,24-/m0/s1. The van der Waals surface area contributed by atoms with Gasteiger partial charge < -0.3 is 25.5 Å². The summed E-state index contributed by atoms with van der Waals surface area (Å²) in [5.41, 5.74) is 2.48. The minimum absolute atomic E-state index is 0.0874. The molecule has 4 aliphatic rings. The second-order valence-corrected chi connectivity index (χ2v) is 10.6. The third-order valence-corrected chi connectivity index (χ3v) is 9.12. The number of nitrogens with zero attached hydrogens (tertiary/aromatic N) is 1. The van der Waals surface area contributed by atoms with Crippen molar-refractivity contribution >= 4 is 17.6 Å². The van der Waals surface area contributed by atoms with Gasteiger partial charge in [-0.15, -0.1) is 0 Å². The largest absolute Gasteiger partial charge is 0.480 e. The second kappa shape index (κ2) is 8.78. The summed E-state index contributed by atoms with van der Waals surface area (Å²) in [6.07, 6.45) is 10.3. The van der Waals surface area contributed by atoms with E-state index in [1.54, 1.807) is 0 Å². The Morgan fingerprint density at radius 1 is 1.19 bits per heavy atom. The molecule has 8 heteroatoms. The predicted octanol–water partition coefficient (Wildman–Crippen LogP) is 2.24. The molecule has 7 atom stereocenters. The highest BCUT2D eigenvalue weighted by Gasteiger charge is 2.58. The Labute approximate surface area is 189 Å². The number of rotatable bonds is 6. The van der Waals surface area contributed by atoms with E-state index in [1.165, 1.54) is 12.0 Å². The van der Waals surface area contributed by atoms with Gasteiger partial charge in [-0.25, -0.2) is 4.79 Å². The van der Waals surface area contributed by atoms with Crippen molar-refractivity contribution in [2.45, 2.75) is 77.4 Å².